The van der Waals surface area contributed by atoms with Crippen LogP contribution in [0.3, 0.4) is 0 Å². The van der Waals surface area contributed by atoms with Crippen molar-refractivity contribution in [2.24, 2.45) is 0 Å². The van der Waals surface area contributed by atoms with Gasteiger partial charge < -0.3 is 9.84 Å². The highest BCUT2D eigenvalue weighted by Crippen LogP contribution is 2.23. The second-order valence-corrected chi connectivity index (χ2v) is 3.81. The van der Waals surface area contributed by atoms with Gasteiger partial charge in [0.15, 0.2) is 5.69 Å². The van der Waals surface area contributed by atoms with Gasteiger partial charge in [0, 0.05) is 5.69 Å². The van der Waals surface area contributed by atoms with Crippen molar-refractivity contribution in [2.45, 2.75) is 20.8 Å². The first-order valence-corrected chi connectivity index (χ1v) is 5.52. The maximum absolute atomic E-state index is 11.6. The summed E-state index contributed by atoms with van der Waals surface area (Å²) in [6.45, 7) is 5.53. The van der Waals surface area contributed by atoms with Crippen LogP contribution in [0.25, 0.3) is 5.69 Å². The summed E-state index contributed by atoms with van der Waals surface area (Å²) in [5.41, 5.74) is 1.93. The molecule has 2 heterocycles. The van der Waals surface area contributed by atoms with Gasteiger partial charge in [0.2, 0.25) is 5.88 Å². The lowest BCUT2D eigenvalue weighted by Gasteiger charge is -2.02. The summed E-state index contributed by atoms with van der Waals surface area (Å²) in [7, 11) is 0. The van der Waals surface area contributed by atoms with E-state index in [1.807, 2.05) is 0 Å². The van der Waals surface area contributed by atoms with E-state index in [9.17, 15) is 9.90 Å². The van der Waals surface area contributed by atoms with Crippen molar-refractivity contribution in [3.8, 4) is 11.6 Å². The molecule has 0 aromatic carbocycles. The smallest absolute Gasteiger partial charge is 0.358 e. The molecule has 0 aliphatic carbocycles. The Hall–Kier alpha value is -2.31. The van der Waals surface area contributed by atoms with E-state index in [2.05, 4.69) is 15.3 Å². The van der Waals surface area contributed by atoms with Crippen LogP contribution in [-0.2, 0) is 4.74 Å². The minimum atomic E-state index is -0.486. The van der Waals surface area contributed by atoms with Crippen molar-refractivity contribution >= 4 is 5.97 Å². The first-order valence-electron chi connectivity index (χ1n) is 5.52. The Morgan fingerprint density at radius 2 is 2.28 bits per heavy atom. The molecule has 2 aromatic heterocycles. The lowest BCUT2D eigenvalue weighted by Crippen LogP contribution is -2.07. The Morgan fingerprint density at radius 1 is 1.56 bits per heavy atom. The van der Waals surface area contributed by atoms with E-state index in [-0.39, 0.29) is 11.6 Å². The zero-order valence-corrected chi connectivity index (χ0v) is 10.4. The van der Waals surface area contributed by atoms with Crippen LogP contribution in [0.2, 0.25) is 0 Å². The van der Waals surface area contributed by atoms with Crippen molar-refractivity contribution < 1.29 is 14.6 Å². The standard InChI is InChI=1S/C11H14N4O3/c1-4-18-11(17)8-5-6(2)15(14-8)9-7(3)12-13-10(9)16/h5H,4H2,1-3H3,(H2,12,13,16). The number of nitrogens with zero attached hydrogens (tertiary/aromatic N) is 3. The van der Waals surface area contributed by atoms with Gasteiger partial charge in [0.05, 0.1) is 12.3 Å². The molecule has 7 nitrogen and oxygen atoms in total. The molecule has 96 valence electrons. The summed E-state index contributed by atoms with van der Waals surface area (Å²) in [6.07, 6.45) is 0. The third-order valence-corrected chi connectivity index (χ3v) is 2.48. The Kier molecular flexibility index (Phi) is 3.05. The number of aromatic nitrogens is 4. The number of esters is 1. The molecule has 0 unspecified atom stereocenters. The zero-order valence-electron chi connectivity index (χ0n) is 10.4. The van der Waals surface area contributed by atoms with Crippen LogP contribution in [0.5, 0.6) is 5.88 Å². The number of hydrogen-bond acceptors (Lipinski definition) is 5. The molecule has 7 heteroatoms. The van der Waals surface area contributed by atoms with Gasteiger partial charge in [-0.05, 0) is 26.8 Å². The molecule has 0 spiro atoms. The average Bonchev–Trinajstić information content (AvgIpc) is 2.83. The predicted molar refractivity (Wildman–Crippen MR) is 62.8 cm³/mol. The van der Waals surface area contributed by atoms with Crippen LogP contribution in [0, 0.1) is 13.8 Å². The van der Waals surface area contributed by atoms with E-state index in [0.29, 0.717) is 23.7 Å². The van der Waals surface area contributed by atoms with E-state index in [1.165, 1.54) is 4.68 Å². The molecule has 0 radical (unpaired) electrons. The highest BCUT2D eigenvalue weighted by Gasteiger charge is 2.18. The Bertz CT molecular complexity index is 566. The van der Waals surface area contributed by atoms with Crippen LogP contribution in [0.15, 0.2) is 6.07 Å². The minimum Gasteiger partial charge on any atom is -0.492 e. The van der Waals surface area contributed by atoms with Gasteiger partial charge in [-0.25, -0.2) is 14.6 Å². The SMILES string of the molecule is CCOC(=O)c1cc(C)n(-c2c(C)n[nH]c2O)n1. The highest BCUT2D eigenvalue weighted by molar-refractivity contribution is 5.87. The highest BCUT2D eigenvalue weighted by atomic mass is 16.5. The molecule has 2 N–H and O–H groups in total. The van der Waals surface area contributed by atoms with Crippen LogP contribution in [-0.4, -0.2) is 37.7 Å². The average molecular weight is 250 g/mol. The number of ether oxygens (including phenoxy) is 1. The number of rotatable bonds is 3. The Balaban J connectivity index is 2.44. The molecule has 0 aliphatic heterocycles. The summed E-state index contributed by atoms with van der Waals surface area (Å²) in [5.74, 6) is -0.575. The predicted octanol–water partition coefficient (Wildman–Crippen LogP) is 1.09. The van der Waals surface area contributed by atoms with Gasteiger partial charge in [0.25, 0.3) is 0 Å². The van der Waals surface area contributed by atoms with Crippen molar-refractivity contribution in [1.82, 2.24) is 20.0 Å². The lowest BCUT2D eigenvalue weighted by molar-refractivity contribution is 0.0519. The number of aryl methyl sites for hydroxylation is 2. The third-order valence-electron chi connectivity index (χ3n) is 2.48. The molecule has 0 saturated carbocycles. The summed E-state index contributed by atoms with van der Waals surface area (Å²) in [4.78, 5) is 11.6. The van der Waals surface area contributed by atoms with Gasteiger partial charge in [-0.2, -0.15) is 10.2 Å². The molecule has 0 atom stereocenters. The first-order chi connectivity index (χ1) is 8.54. The minimum absolute atomic E-state index is 0.0888. The number of hydrogen-bond donors (Lipinski definition) is 2. The van der Waals surface area contributed by atoms with Crippen LogP contribution in [0.1, 0.15) is 28.8 Å². The van der Waals surface area contributed by atoms with E-state index < -0.39 is 5.97 Å². The topological polar surface area (TPSA) is 93.0 Å². The van der Waals surface area contributed by atoms with Crippen molar-refractivity contribution in [3.63, 3.8) is 0 Å². The number of nitrogens with one attached hydrogen (secondary N) is 1. The molecule has 18 heavy (non-hydrogen) atoms. The fourth-order valence-corrected chi connectivity index (χ4v) is 1.67. The molecule has 2 aromatic rings. The first kappa shape index (κ1) is 12.2. The summed E-state index contributed by atoms with van der Waals surface area (Å²) >= 11 is 0. The second kappa shape index (κ2) is 4.52. The van der Waals surface area contributed by atoms with Crippen molar-refractivity contribution in [3.05, 3.63) is 23.1 Å². The van der Waals surface area contributed by atoms with Crippen molar-refractivity contribution in [2.75, 3.05) is 6.61 Å². The van der Waals surface area contributed by atoms with E-state index in [0.717, 1.165) is 0 Å². The molecule has 2 rings (SSSR count). The monoisotopic (exact) mass is 250 g/mol. The second-order valence-electron chi connectivity index (χ2n) is 3.81. The largest absolute Gasteiger partial charge is 0.492 e. The number of H-pyrrole nitrogens is 1. The number of aromatic hydroxyl groups is 1. The normalized spacial score (nSPS) is 10.6. The van der Waals surface area contributed by atoms with Crippen molar-refractivity contribution in [1.29, 1.82) is 0 Å². The van der Waals surface area contributed by atoms with E-state index in [4.69, 9.17) is 4.74 Å². The number of carbonyl (C=O) groups is 1. The van der Waals surface area contributed by atoms with E-state index in [1.54, 1.807) is 26.8 Å². The van der Waals surface area contributed by atoms with Gasteiger partial charge >= 0.3 is 5.97 Å². The summed E-state index contributed by atoms with van der Waals surface area (Å²) in [5, 5.41) is 20.1. The zero-order chi connectivity index (χ0) is 13.3. The molecule has 0 saturated heterocycles. The Labute approximate surface area is 103 Å². The summed E-state index contributed by atoms with van der Waals surface area (Å²) in [6, 6.07) is 1.60. The van der Waals surface area contributed by atoms with Crippen LogP contribution in [0.4, 0.5) is 0 Å². The fourth-order valence-electron chi connectivity index (χ4n) is 1.67. The summed E-state index contributed by atoms with van der Waals surface area (Å²) < 4.78 is 6.33. The maximum atomic E-state index is 11.6. The fraction of sp³-hybridized carbons (Fsp3) is 0.364. The third kappa shape index (κ3) is 1.94. The van der Waals surface area contributed by atoms with E-state index >= 15 is 0 Å². The van der Waals surface area contributed by atoms with Crippen LogP contribution >= 0.6 is 0 Å². The molecule has 0 aliphatic rings. The van der Waals surface area contributed by atoms with Gasteiger partial charge in [-0.15, -0.1) is 0 Å². The van der Waals surface area contributed by atoms with Gasteiger partial charge in [0.1, 0.15) is 5.69 Å². The number of aromatic amines is 1. The van der Waals surface area contributed by atoms with Gasteiger partial charge in [-0.1, -0.05) is 0 Å². The van der Waals surface area contributed by atoms with Gasteiger partial charge in [-0.3, -0.25) is 0 Å². The number of carbonyl (C=O) groups excluding carboxylic acids is 1. The molecular formula is C11H14N4O3. The lowest BCUT2D eigenvalue weighted by atomic mass is 10.3. The molecular weight excluding hydrogens is 236 g/mol. The molecule has 0 amide bonds. The molecule has 0 bridgehead atoms. The molecule has 0 fully saturated rings. The maximum Gasteiger partial charge on any atom is 0.358 e. The Morgan fingerprint density at radius 3 is 2.83 bits per heavy atom. The quantitative estimate of drug-likeness (QED) is 0.795. The van der Waals surface area contributed by atoms with Crippen LogP contribution < -0.4 is 0 Å².